The molecule has 1 aliphatic heterocycles. The maximum Gasteiger partial charge on any atom is 0.264 e. The van der Waals surface area contributed by atoms with Crippen molar-refractivity contribution in [1.82, 2.24) is 5.32 Å². The maximum absolute atomic E-state index is 14.2. The van der Waals surface area contributed by atoms with Crippen LogP contribution in [0.3, 0.4) is 0 Å². The molecule has 3 amide bonds. The largest absolute Gasteiger partial charge is 0.472 e. The van der Waals surface area contributed by atoms with Crippen molar-refractivity contribution in [2.24, 2.45) is 5.92 Å². The average Bonchev–Trinajstić information content (AvgIpc) is 2.84. The lowest BCUT2D eigenvalue weighted by molar-refractivity contribution is -0.124. The Morgan fingerprint density at radius 1 is 1.11 bits per heavy atom. The van der Waals surface area contributed by atoms with Crippen LogP contribution in [-0.4, -0.2) is 24.5 Å². The van der Waals surface area contributed by atoms with E-state index in [-0.39, 0.29) is 46.9 Å². The van der Waals surface area contributed by atoms with Gasteiger partial charge in [0.15, 0.2) is 6.73 Å². The molecule has 7 nitrogen and oxygen atoms in total. The first-order chi connectivity index (χ1) is 16.7. The molecular formula is C26H23ClFN3O4. The predicted molar refractivity (Wildman–Crippen MR) is 131 cm³/mol. The monoisotopic (exact) mass is 495 g/mol. The van der Waals surface area contributed by atoms with Crippen LogP contribution in [0, 0.1) is 11.7 Å². The molecule has 0 spiro atoms. The smallest absolute Gasteiger partial charge is 0.264 e. The van der Waals surface area contributed by atoms with Gasteiger partial charge in [0, 0.05) is 18.2 Å². The molecule has 0 aliphatic carbocycles. The fourth-order valence-corrected chi connectivity index (χ4v) is 3.74. The van der Waals surface area contributed by atoms with Crippen LogP contribution in [0.15, 0.2) is 60.7 Å². The molecule has 0 radical (unpaired) electrons. The topological polar surface area (TPSA) is 87.7 Å². The highest BCUT2D eigenvalue weighted by atomic mass is 35.5. The molecule has 3 aromatic carbocycles. The summed E-state index contributed by atoms with van der Waals surface area (Å²) in [6.07, 6.45) is 0. The number of amides is 3. The Balaban J connectivity index is 1.53. The third-order valence-corrected chi connectivity index (χ3v) is 5.80. The molecule has 9 heteroatoms. The summed E-state index contributed by atoms with van der Waals surface area (Å²) >= 11 is 6.25. The quantitative estimate of drug-likeness (QED) is 0.503. The van der Waals surface area contributed by atoms with Gasteiger partial charge in [-0.05, 0) is 48.0 Å². The van der Waals surface area contributed by atoms with Crippen molar-refractivity contribution in [3.63, 3.8) is 0 Å². The standard InChI is InChI=1S/C26H23ClFN3O4/c1-15(2)24(32)29-13-16-7-9-20(27)18(11-16)25(33)30-17-8-10-23-19(12-17)26(34)31(14-35-23)22-6-4-3-5-21(22)28/h3-12,15H,13-14H2,1-2H3,(H,29,32)(H,30,33). The molecule has 0 saturated heterocycles. The van der Waals surface area contributed by atoms with E-state index in [1.807, 2.05) is 0 Å². The van der Waals surface area contributed by atoms with Crippen molar-refractivity contribution < 1.29 is 23.5 Å². The second-order valence-corrected chi connectivity index (χ2v) is 8.72. The first kappa shape index (κ1) is 24.2. The van der Waals surface area contributed by atoms with E-state index in [4.69, 9.17) is 16.3 Å². The van der Waals surface area contributed by atoms with Crippen LogP contribution in [0.4, 0.5) is 15.8 Å². The SMILES string of the molecule is CC(C)C(=O)NCc1ccc(Cl)c(C(=O)Nc2ccc3c(c2)C(=O)N(c2ccccc2F)CO3)c1. The summed E-state index contributed by atoms with van der Waals surface area (Å²) in [7, 11) is 0. The first-order valence-corrected chi connectivity index (χ1v) is 11.3. The first-order valence-electron chi connectivity index (χ1n) is 11.0. The minimum absolute atomic E-state index is 0.101. The van der Waals surface area contributed by atoms with Gasteiger partial charge in [-0.2, -0.15) is 0 Å². The maximum atomic E-state index is 14.2. The molecule has 4 rings (SSSR count). The van der Waals surface area contributed by atoms with E-state index in [1.165, 1.54) is 29.2 Å². The highest BCUT2D eigenvalue weighted by Gasteiger charge is 2.29. The molecule has 0 atom stereocenters. The Morgan fingerprint density at radius 3 is 2.63 bits per heavy atom. The minimum Gasteiger partial charge on any atom is -0.472 e. The summed E-state index contributed by atoms with van der Waals surface area (Å²) in [4.78, 5) is 39.0. The number of carbonyl (C=O) groups is 3. The number of anilines is 2. The number of hydrogen-bond acceptors (Lipinski definition) is 4. The molecule has 0 unspecified atom stereocenters. The molecule has 1 heterocycles. The Kier molecular flexibility index (Phi) is 7.02. The number of carbonyl (C=O) groups excluding carboxylic acids is 3. The fourth-order valence-electron chi connectivity index (χ4n) is 3.54. The van der Waals surface area contributed by atoms with Crippen LogP contribution in [0.25, 0.3) is 0 Å². The number of benzene rings is 3. The average molecular weight is 496 g/mol. The van der Waals surface area contributed by atoms with Crippen LogP contribution in [-0.2, 0) is 11.3 Å². The van der Waals surface area contributed by atoms with E-state index in [2.05, 4.69) is 10.6 Å². The zero-order valence-corrected chi connectivity index (χ0v) is 19.9. The van der Waals surface area contributed by atoms with E-state index < -0.39 is 17.6 Å². The van der Waals surface area contributed by atoms with Crippen molar-refractivity contribution >= 4 is 40.7 Å². The minimum atomic E-state index is -0.545. The molecule has 0 aromatic heterocycles. The summed E-state index contributed by atoms with van der Waals surface area (Å²) in [5, 5.41) is 5.77. The Morgan fingerprint density at radius 2 is 1.89 bits per heavy atom. The molecular weight excluding hydrogens is 473 g/mol. The van der Waals surface area contributed by atoms with E-state index >= 15 is 0 Å². The Labute approximate surface area is 206 Å². The second-order valence-electron chi connectivity index (χ2n) is 8.31. The van der Waals surface area contributed by atoms with E-state index in [0.717, 1.165) is 0 Å². The summed E-state index contributed by atoms with van der Waals surface area (Å²) in [5.41, 5.74) is 1.56. The molecule has 35 heavy (non-hydrogen) atoms. The number of rotatable bonds is 6. The lowest BCUT2D eigenvalue weighted by Crippen LogP contribution is -2.39. The number of ether oxygens (including phenoxy) is 1. The highest BCUT2D eigenvalue weighted by Crippen LogP contribution is 2.32. The highest BCUT2D eigenvalue weighted by molar-refractivity contribution is 6.34. The predicted octanol–water partition coefficient (Wildman–Crippen LogP) is 5.00. The molecule has 2 N–H and O–H groups in total. The number of para-hydroxylation sites is 1. The lowest BCUT2D eigenvalue weighted by atomic mass is 10.1. The second kappa shape index (κ2) is 10.1. The zero-order chi connectivity index (χ0) is 25.1. The van der Waals surface area contributed by atoms with Gasteiger partial charge in [0.2, 0.25) is 5.91 Å². The van der Waals surface area contributed by atoms with Gasteiger partial charge < -0.3 is 15.4 Å². The lowest BCUT2D eigenvalue weighted by Gasteiger charge is -2.29. The van der Waals surface area contributed by atoms with Crippen LogP contribution < -0.4 is 20.3 Å². The van der Waals surface area contributed by atoms with Gasteiger partial charge in [-0.25, -0.2) is 4.39 Å². The van der Waals surface area contributed by atoms with Crippen LogP contribution >= 0.6 is 11.6 Å². The van der Waals surface area contributed by atoms with Crippen LogP contribution in [0.5, 0.6) is 5.75 Å². The van der Waals surface area contributed by atoms with Gasteiger partial charge in [0.1, 0.15) is 11.6 Å². The number of nitrogens with zero attached hydrogens (tertiary/aromatic N) is 1. The number of hydrogen-bond donors (Lipinski definition) is 2. The van der Waals surface area contributed by atoms with Crippen molar-refractivity contribution in [2.75, 3.05) is 16.9 Å². The Bertz CT molecular complexity index is 1310. The molecule has 180 valence electrons. The third kappa shape index (κ3) is 5.27. The van der Waals surface area contributed by atoms with Gasteiger partial charge in [-0.1, -0.05) is 43.6 Å². The summed E-state index contributed by atoms with van der Waals surface area (Å²) in [6.45, 7) is 3.71. The summed E-state index contributed by atoms with van der Waals surface area (Å²) < 4.78 is 19.9. The normalized spacial score (nSPS) is 12.7. The molecule has 1 aliphatic rings. The van der Waals surface area contributed by atoms with E-state index in [1.54, 1.807) is 50.2 Å². The molecule has 0 saturated carbocycles. The van der Waals surface area contributed by atoms with Gasteiger partial charge in [0.25, 0.3) is 11.8 Å². The van der Waals surface area contributed by atoms with Crippen molar-refractivity contribution in [2.45, 2.75) is 20.4 Å². The number of nitrogens with one attached hydrogen (secondary N) is 2. The van der Waals surface area contributed by atoms with E-state index in [0.29, 0.717) is 17.0 Å². The zero-order valence-electron chi connectivity index (χ0n) is 19.1. The van der Waals surface area contributed by atoms with Gasteiger partial charge >= 0.3 is 0 Å². The summed E-state index contributed by atoms with van der Waals surface area (Å²) in [5.74, 6) is -1.40. The van der Waals surface area contributed by atoms with Crippen molar-refractivity contribution in [3.8, 4) is 5.75 Å². The molecule has 0 fully saturated rings. The fraction of sp³-hybridized carbons (Fsp3) is 0.192. The van der Waals surface area contributed by atoms with Crippen LogP contribution in [0.2, 0.25) is 5.02 Å². The molecule has 3 aromatic rings. The summed E-state index contributed by atoms with van der Waals surface area (Å²) in [6, 6.07) is 15.5. The molecule has 0 bridgehead atoms. The van der Waals surface area contributed by atoms with Gasteiger partial charge in [-0.3, -0.25) is 19.3 Å². The Hall–Kier alpha value is -3.91. The van der Waals surface area contributed by atoms with Gasteiger partial charge in [0.05, 0.1) is 21.8 Å². The van der Waals surface area contributed by atoms with Crippen molar-refractivity contribution in [1.29, 1.82) is 0 Å². The van der Waals surface area contributed by atoms with Crippen molar-refractivity contribution in [3.05, 3.63) is 88.2 Å². The third-order valence-electron chi connectivity index (χ3n) is 5.47. The number of fused-ring (bicyclic) bond motifs is 1. The van der Waals surface area contributed by atoms with E-state index in [9.17, 15) is 18.8 Å². The van der Waals surface area contributed by atoms with Gasteiger partial charge in [-0.15, -0.1) is 0 Å². The van der Waals surface area contributed by atoms with Crippen LogP contribution in [0.1, 0.15) is 40.1 Å². The number of halogens is 2.